The fourth-order valence-electron chi connectivity index (χ4n) is 4.54. The molecule has 1 atom stereocenters. The standard InChI is InChI=1S/C21H31N7S/c1-4-27-14-21(29)25-16(3)19(27)13-26-9-5-6-17(12-26)18-10-15(2)23-11-20-22-7-8-24-28(18)20/h8,10,17H,4-7,9,11-14H2,1-3H3,(H,25,29). The number of piperidine rings is 1. The normalized spacial score (nSPS) is 25.8. The van der Waals surface area contributed by atoms with Crippen LogP contribution in [0, 0.1) is 5.92 Å². The highest BCUT2D eigenvalue weighted by atomic mass is 32.1. The van der Waals surface area contributed by atoms with E-state index in [1.807, 2.05) is 11.2 Å². The lowest BCUT2D eigenvalue weighted by Gasteiger charge is -2.40. The molecule has 1 fully saturated rings. The second-order valence-corrected chi connectivity index (χ2v) is 8.59. The monoisotopic (exact) mass is 413 g/mol. The largest absolute Gasteiger partial charge is 0.366 e. The Balaban J connectivity index is 1.52. The molecule has 7 nitrogen and oxygen atoms in total. The van der Waals surface area contributed by atoms with E-state index in [1.54, 1.807) is 0 Å². The quantitative estimate of drug-likeness (QED) is 0.717. The number of aliphatic imine (C=N–C) groups is 2. The van der Waals surface area contributed by atoms with E-state index in [9.17, 15) is 0 Å². The Morgan fingerprint density at radius 3 is 2.97 bits per heavy atom. The van der Waals surface area contributed by atoms with Crippen LogP contribution in [0.3, 0.4) is 0 Å². The van der Waals surface area contributed by atoms with Gasteiger partial charge in [0, 0.05) is 48.9 Å². The second-order valence-electron chi connectivity index (χ2n) is 8.10. The van der Waals surface area contributed by atoms with Gasteiger partial charge in [-0.25, -0.2) is 5.01 Å². The number of amidine groups is 1. The first kappa shape index (κ1) is 20.2. The van der Waals surface area contributed by atoms with Gasteiger partial charge in [0.1, 0.15) is 5.84 Å². The van der Waals surface area contributed by atoms with E-state index in [4.69, 9.17) is 12.2 Å². The number of likely N-dealkylation sites (N-methyl/N-ethyl adjacent to an activating group) is 1. The Labute approximate surface area is 178 Å². The maximum absolute atomic E-state index is 5.42. The summed E-state index contributed by atoms with van der Waals surface area (Å²) in [6.45, 7) is 12.6. The molecule has 4 aliphatic rings. The third-order valence-electron chi connectivity index (χ3n) is 6.02. The molecule has 0 aromatic heterocycles. The maximum atomic E-state index is 5.42. The summed E-state index contributed by atoms with van der Waals surface area (Å²) in [4.78, 5) is 15.2. The van der Waals surface area contributed by atoms with Crippen LogP contribution in [0.2, 0.25) is 0 Å². The summed E-state index contributed by atoms with van der Waals surface area (Å²) in [6, 6.07) is 0. The Morgan fingerprint density at radius 2 is 2.14 bits per heavy atom. The van der Waals surface area contributed by atoms with Gasteiger partial charge in [0.2, 0.25) is 0 Å². The molecule has 4 rings (SSSR count). The van der Waals surface area contributed by atoms with Gasteiger partial charge in [0.05, 0.1) is 30.3 Å². The van der Waals surface area contributed by atoms with Crippen LogP contribution < -0.4 is 5.32 Å². The van der Waals surface area contributed by atoms with E-state index in [1.165, 1.54) is 29.9 Å². The smallest absolute Gasteiger partial charge is 0.147 e. The topological polar surface area (TPSA) is 58.8 Å². The van der Waals surface area contributed by atoms with E-state index in [0.717, 1.165) is 49.3 Å². The first-order chi connectivity index (χ1) is 14.0. The van der Waals surface area contributed by atoms with Crippen molar-refractivity contribution in [2.24, 2.45) is 21.0 Å². The number of nitrogens with zero attached hydrogens (tertiary/aromatic N) is 6. The molecule has 4 heterocycles. The van der Waals surface area contributed by atoms with Crippen molar-refractivity contribution in [3.8, 4) is 0 Å². The van der Waals surface area contributed by atoms with Crippen LogP contribution >= 0.6 is 12.2 Å². The number of fused-ring (bicyclic) bond motifs is 1. The van der Waals surface area contributed by atoms with Gasteiger partial charge < -0.3 is 10.2 Å². The zero-order valence-corrected chi connectivity index (χ0v) is 18.5. The summed E-state index contributed by atoms with van der Waals surface area (Å²) in [5, 5.41) is 10.1. The summed E-state index contributed by atoms with van der Waals surface area (Å²) < 4.78 is 0. The van der Waals surface area contributed by atoms with Crippen LogP contribution in [0.15, 0.2) is 38.3 Å². The number of hydrogen-bond acceptors (Lipinski definition) is 7. The molecule has 0 bridgehead atoms. The number of hydrazone groups is 1. The van der Waals surface area contributed by atoms with E-state index >= 15 is 0 Å². The molecule has 1 unspecified atom stereocenters. The van der Waals surface area contributed by atoms with Crippen molar-refractivity contribution >= 4 is 35.0 Å². The summed E-state index contributed by atoms with van der Waals surface area (Å²) in [5.41, 5.74) is 4.86. The molecule has 0 radical (unpaired) electrons. The number of allylic oxidation sites excluding steroid dienone is 2. The highest BCUT2D eigenvalue weighted by Crippen LogP contribution is 2.30. The average Bonchev–Trinajstić information content (AvgIpc) is 2.89. The minimum absolute atomic E-state index is 0.432. The highest BCUT2D eigenvalue weighted by Gasteiger charge is 2.31. The summed E-state index contributed by atoms with van der Waals surface area (Å²) in [5.74, 6) is 1.40. The van der Waals surface area contributed by atoms with Gasteiger partial charge in [-0.05, 0) is 46.2 Å². The van der Waals surface area contributed by atoms with E-state index < -0.39 is 0 Å². The summed E-state index contributed by atoms with van der Waals surface area (Å²) in [6.07, 6.45) is 6.46. The number of rotatable bonds is 4. The Hall–Kier alpha value is -2.06. The van der Waals surface area contributed by atoms with Gasteiger partial charge in [-0.3, -0.25) is 14.9 Å². The molecule has 0 aromatic carbocycles. The average molecular weight is 414 g/mol. The minimum atomic E-state index is 0.432. The third-order valence-corrected chi connectivity index (χ3v) is 6.25. The van der Waals surface area contributed by atoms with Crippen LogP contribution in [0.5, 0.6) is 0 Å². The summed E-state index contributed by atoms with van der Waals surface area (Å²) in [7, 11) is 0. The van der Waals surface area contributed by atoms with Crippen molar-refractivity contribution in [2.75, 3.05) is 45.8 Å². The van der Waals surface area contributed by atoms with Crippen molar-refractivity contribution in [3.63, 3.8) is 0 Å². The third kappa shape index (κ3) is 4.43. The lowest BCUT2D eigenvalue weighted by molar-refractivity contribution is 0.176. The van der Waals surface area contributed by atoms with Gasteiger partial charge in [-0.15, -0.1) is 0 Å². The minimum Gasteiger partial charge on any atom is -0.366 e. The van der Waals surface area contributed by atoms with Gasteiger partial charge in [-0.1, -0.05) is 12.2 Å². The molecule has 0 aromatic rings. The van der Waals surface area contributed by atoms with E-state index in [-0.39, 0.29) is 0 Å². The van der Waals surface area contributed by atoms with Crippen LogP contribution in [0.4, 0.5) is 0 Å². The van der Waals surface area contributed by atoms with Gasteiger partial charge in [0.25, 0.3) is 0 Å². The predicted molar refractivity (Wildman–Crippen MR) is 124 cm³/mol. The zero-order chi connectivity index (χ0) is 20.4. The molecule has 0 amide bonds. The van der Waals surface area contributed by atoms with Crippen molar-refractivity contribution in [3.05, 3.63) is 23.2 Å². The molecular weight excluding hydrogens is 382 g/mol. The fraction of sp³-hybridized carbons (Fsp3) is 0.619. The van der Waals surface area contributed by atoms with E-state index in [2.05, 4.69) is 57.1 Å². The molecule has 0 spiro atoms. The number of hydrogen-bond donors (Lipinski definition) is 1. The van der Waals surface area contributed by atoms with Gasteiger partial charge in [0.15, 0.2) is 0 Å². The molecule has 1 N–H and O–H groups in total. The van der Waals surface area contributed by atoms with Crippen LogP contribution in [-0.4, -0.2) is 83.4 Å². The van der Waals surface area contributed by atoms with Gasteiger partial charge in [-0.2, -0.15) is 5.10 Å². The first-order valence-electron chi connectivity index (χ1n) is 10.6. The SMILES string of the molecule is CCN1CC(=S)NC(C)=C1CN1CCCC(C2=CC(C)=NCC3=NCC=NN23)C1. The van der Waals surface area contributed by atoms with Crippen LogP contribution in [-0.2, 0) is 0 Å². The second kappa shape index (κ2) is 8.75. The fourth-order valence-corrected chi connectivity index (χ4v) is 4.85. The molecule has 0 saturated carbocycles. The maximum Gasteiger partial charge on any atom is 0.147 e. The lowest BCUT2D eigenvalue weighted by Crippen LogP contribution is -2.47. The van der Waals surface area contributed by atoms with Crippen LogP contribution in [0.1, 0.15) is 33.6 Å². The molecular formula is C21H31N7S. The molecule has 0 aliphatic carbocycles. The van der Waals surface area contributed by atoms with Gasteiger partial charge >= 0.3 is 0 Å². The molecule has 4 aliphatic heterocycles. The van der Waals surface area contributed by atoms with Crippen molar-refractivity contribution in [1.82, 2.24) is 20.1 Å². The van der Waals surface area contributed by atoms with Crippen LogP contribution in [0.25, 0.3) is 0 Å². The predicted octanol–water partition coefficient (Wildman–Crippen LogP) is 2.24. The molecule has 156 valence electrons. The molecule has 8 heteroatoms. The summed E-state index contributed by atoms with van der Waals surface area (Å²) >= 11 is 5.42. The van der Waals surface area contributed by atoms with E-state index in [0.29, 0.717) is 19.0 Å². The zero-order valence-electron chi connectivity index (χ0n) is 17.7. The van der Waals surface area contributed by atoms with Crippen molar-refractivity contribution in [1.29, 1.82) is 0 Å². The van der Waals surface area contributed by atoms with Crippen molar-refractivity contribution in [2.45, 2.75) is 33.6 Å². The highest BCUT2D eigenvalue weighted by molar-refractivity contribution is 7.80. The Bertz CT molecular complexity index is 823. The van der Waals surface area contributed by atoms with Crippen molar-refractivity contribution < 1.29 is 0 Å². The molecule has 1 saturated heterocycles. The lowest BCUT2D eigenvalue weighted by atomic mass is 9.93. The number of nitrogens with one attached hydrogen (secondary N) is 1. The Kier molecular flexibility index (Phi) is 6.10. The molecule has 29 heavy (non-hydrogen) atoms. The number of likely N-dealkylation sites (tertiary alicyclic amines) is 1. The first-order valence-corrected chi connectivity index (χ1v) is 11.0. The number of thiocarbonyl (C=S) groups is 1. The Morgan fingerprint density at radius 1 is 1.28 bits per heavy atom.